The van der Waals surface area contributed by atoms with E-state index in [9.17, 15) is 28.2 Å². The summed E-state index contributed by atoms with van der Waals surface area (Å²) >= 11 is 1.14. The van der Waals surface area contributed by atoms with Crippen LogP contribution in [0.25, 0.3) is 10.6 Å². The molecule has 4 rings (SSSR count). The smallest absolute Gasteiger partial charge is 0.433 e. The molecule has 1 unspecified atom stereocenters. The lowest BCUT2D eigenvalue weighted by Gasteiger charge is -2.43. The first kappa shape index (κ1) is 25.0. The number of carbonyl (C=O) groups is 1. The maximum Gasteiger partial charge on any atom is 0.433 e. The Morgan fingerprint density at radius 1 is 1.14 bits per heavy atom. The minimum absolute atomic E-state index is 0.218. The van der Waals surface area contributed by atoms with Crippen molar-refractivity contribution in [2.24, 2.45) is 5.41 Å². The molecule has 186 valence electrons. The van der Waals surface area contributed by atoms with Gasteiger partial charge in [-0.15, -0.1) is 11.3 Å². The molecule has 1 aliphatic rings. The van der Waals surface area contributed by atoms with Crippen molar-refractivity contribution in [3.8, 4) is 10.6 Å². The zero-order valence-corrected chi connectivity index (χ0v) is 19.9. The third kappa shape index (κ3) is 4.85. The van der Waals surface area contributed by atoms with Crippen LogP contribution in [0.15, 0.2) is 30.6 Å². The molecule has 1 atom stereocenters. The van der Waals surface area contributed by atoms with Crippen LogP contribution in [0.1, 0.15) is 55.4 Å². The molecule has 12 heteroatoms. The van der Waals surface area contributed by atoms with Crippen LogP contribution >= 0.6 is 11.3 Å². The maximum absolute atomic E-state index is 13.0. The highest BCUT2D eigenvalue weighted by Crippen LogP contribution is 2.51. The van der Waals surface area contributed by atoms with Crippen LogP contribution in [-0.2, 0) is 16.6 Å². The Kier molecular flexibility index (Phi) is 6.54. The van der Waals surface area contributed by atoms with Gasteiger partial charge in [-0.05, 0) is 44.9 Å². The highest BCUT2D eigenvalue weighted by molar-refractivity contribution is 7.15. The molecule has 3 aromatic rings. The van der Waals surface area contributed by atoms with Gasteiger partial charge in [0.15, 0.2) is 0 Å². The summed E-state index contributed by atoms with van der Waals surface area (Å²) in [6.45, 7) is 3.22. The summed E-state index contributed by atoms with van der Waals surface area (Å²) in [5, 5.41) is 24.5. The number of carboxylic acids is 1. The SMILES string of the molecule is Cc1cc(Nc2nccc(C(F)(F)F)n2)cc(-c2cnc(C(C)(O)C3(C(=O)O)CCCCC3)s2)n1. The van der Waals surface area contributed by atoms with E-state index < -0.39 is 28.9 Å². The van der Waals surface area contributed by atoms with Gasteiger partial charge in [-0.1, -0.05) is 19.3 Å². The average Bonchev–Trinajstić information content (AvgIpc) is 3.30. The molecule has 35 heavy (non-hydrogen) atoms. The Hall–Kier alpha value is -3.12. The standard InChI is InChI=1S/C23H24F3N5O3S/c1-13-10-14(30-20-27-9-6-17(31-20)23(24,25)26)11-15(29-13)16-12-28-18(35-16)21(2,34)22(19(32)33)7-4-3-5-8-22/h6,9-12,34H,3-5,7-8H2,1-2H3,(H,32,33)(H,27,29,30,31). The summed E-state index contributed by atoms with van der Waals surface area (Å²) in [5.41, 5.74) is -2.61. The number of halogens is 3. The lowest BCUT2D eigenvalue weighted by molar-refractivity contribution is -0.174. The Labute approximate surface area is 203 Å². The fourth-order valence-corrected chi connectivity index (χ4v) is 5.48. The number of nitrogens with zero attached hydrogens (tertiary/aromatic N) is 4. The fourth-order valence-electron chi connectivity index (χ4n) is 4.46. The first-order valence-electron chi connectivity index (χ1n) is 11.0. The number of alkyl halides is 3. The summed E-state index contributed by atoms with van der Waals surface area (Å²) in [6.07, 6.45) is 1.01. The number of aliphatic carboxylic acids is 1. The molecule has 0 saturated heterocycles. The van der Waals surface area contributed by atoms with Gasteiger partial charge >= 0.3 is 12.1 Å². The number of hydrogen-bond acceptors (Lipinski definition) is 8. The van der Waals surface area contributed by atoms with E-state index in [1.165, 1.54) is 13.1 Å². The summed E-state index contributed by atoms with van der Waals surface area (Å²) in [6, 6.07) is 4.03. The number of hydrogen-bond donors (Lipinski definition) is 3. The molecule has 1 aliphatic carbocycles. The third-order valence-corrected chi connectivity index (χ3v) is 7.61. The van der Waals surface area contributed by atoms with E-state index in [4.69, 9.17) is 0 Å². The number of carboxylic acid groups (broad SMARTS) is 1. The van der Waals surface area contributed by atoms with Crippen molar-refractivity contribution in [3.05, 3.63) is 47.0 Å². The van der Waals surface area contributed by atoms with Crippen molar-refractivity contribution in [1.82, 2.24) is 19.9 Å². The zero-order chi connectivity index (χ0) is 25.4. The Morgan fingerprint density at radius 3 is 2.51 bits per heavy atom. The van der Waals surface area contributed by atoms with Crippen LogP contribution in [-0.4, -0.2) is 36.1 Å². The molecule has 3 N–H and O–H groups in total. The zero-order valence-electron chi connectivity index (χ0n) is 19.1. The van der Waals surface area contributed by atoms with Crippen molar-refractivity contribution in [1.29, 1.82) is 0 Å². The first-order valence-corrected chi connectivity index (χ1v) is 11.8. The normalized spacial score (nSPS) is 17.5. The van der Waals surface area contributed by atoms with E-state index in [0.29, 0.717) is 47.6 Å². The van der Waals surface area contributed by atoms with Gasteiger partial charge in [-0.3, -0.25) is 9.78 Å². The van der Waals surface area contributed by atoms with Crippen LogP contribution in [0, 0.1) is 12.3 Å². The molecule has 0 aliphatic heterocycles. The van der Waals surface area contributed by atoms with E-state index in [1.807, 2.05) is 0 Å². The number of aromatic nitrogens is 4. The predicted molar refractivity (Wildman–Crippen MR) is 123 cm³/mol. The van der Waals surface area contributed by atoms with E-state index in [2.05, 4.69) is 25.3 Å². The van der Waals surface area contributed by atoms with Gasteiger partial charge in [0.25, 0.3) is 0 Å². The number of rotatable bonds is 6. The highest BCUT2D eigenvalue weighted by atomic mass is 32.1. The lowest BCUT2D eigenvalue weighted by atomic mass is 9.64. The molecular weight excluding hydrogens is 483 g/mol. The van der Waals surface area contributed by atoms with E-state index in [-0.39, 0.29) is 11.0 Å². The van der Waals surface area contributed by atoms with Crippen molar-refractivity contribution >= 4 is 28.9 Å². The Bertz CT molecular complexity index is 1240. The molecule has 8 nitrogen and oxygen atoms in total. The number of nitrogens with one attached hydrogen (secondary N) is 1. The molecule has 0 amide bonds. The van der Waals surface area contributed by atoms with Crippen molar-refractivity contribution < 1.29 is 28.2 Å². The number of aryl methyl sites for hydroxylation is 1. The summed E-state index contributed by atoms with van der Waals surface area (Å²) in [4.78, 5) is 29.0. The van der Waals surface area contributed by atoms with Gasteiger partial charge < -0.3 is 15.5 Å². The quantitative estimate of drug-likeness (QED) is 0.411. The number of pyridine rings is 1. The molecule has 0 spiro atoms. The number of anilines is 2. The van der Waals surface area contributed by atoms with Crippen LogP contribution in [0.4, 0.5) is 24.8 Å². The van der Waals surface area contributed by atoms with Crippen molar-refractivity contribution in [3.63, 3.8) is 0 Å². The molecular formula is C23H24F3N5O3S. The van der Waals surface area contributed by atoms with Crippen LogP contribution in [0.5, 0.6) is 0 Å². The fraction of sp³-hybridized carbons (Fsp3) is 0.435. The molecule has 1 fully saturated rings. The second-order valence-corrected chi connectivity index (χ2v) is 9.85. The molecule has 3 heterocycles. The van der Waals surface area contributed by atoms with Gasteiger partial charge in [-0.25, -0.2) is 15.0 Å². The van der Waals surface area contributed by atoms with Crippen LogP contribution in [0.2, 0.25) is 0 Å². The minimum Gasteiger partial charge on any atom is -0.481 e. The lowest BCUT2D eigenvalue weighted by Crippen LogP contribution is -2.50. The molecule has 0 radical (unpaired) electrons. The second-order valence-electron chi connectivity index (χ2n) is 8.82. The minimum atomic E-state index is -4.60. The van der Waals surface area contributed by atoms with Gasteiger partial charge in [0, 0.05) is 23.8 Å². The number of aliphatic hydroxyl groups is 1. The number of thiazole rings is 1. The highest BCUT2D eigenvalue weighted by Gasteiger charge is 2.55. The predicted octanol–water partition coefficient (Wildman–Crippen LogP) is 5.31. The average molecular weight is 508 g/mol. The Morgan fingerprint density at radius 2 is 1.86 bits per heavy atom. The second kappa shape index (κ2) is 9.15. The molecule has 0 aromatic carbocycles. The van der Waals surface area contributed by atoms with E-state index in [0.717, 1.165) is 30.0 Å². The topological polar surface area (TPSA) is 121 Å². The summed E-state index contributed by atoms with van der Waals surface area (Å²) < 4.78 is 38.9. The van der Waals surface area contributed by atoms with Gasteiger partial charge in [0.1, 0.15) is 21.7 Å². The van der Waals surface area contributed by atoms with Gasteiger partial charge in [-0.2, -0.15) is 13.2 Å². The summed E-state index contributed by atoms with van der Waals surface area (Å²) in [5.74, 6) is -1.26. The molecule has 1 saturated carbocycles. The van der Waals surface area contributed by atoms with Crippen molar-refractivity contribution in [2.45, 2.75) is 57.7 Å². The van der Waals surface area contributed by atoms with Gasteiger partial charge in [0.2, 0.25) is 5.95 Å². The Balaban J connectivity index is 1.64. The molecule has 0 bridgehead atoms. The largest absolute Gasteiger partial charge is 0.481 e. The molecule has 3 aromatic heterocycles. The van der Waals surface area contributed by atoms with E-state index in [1.54, 1.807) is 19.1 Å². The van der Waals surface area contributed by atoms with Crippen LogP contribution < -0.4 is 5.32 Å². The summed E-state index contributed by atoms with van der Waals surface area (Å²) in [7, 11) is 0. The van der Waals surface area contributed by atoms with E-state index >= 15 is 0 Å². The van der Waals surface area contributed by atoms with Crippen molar-refractivity contribution in [2.75, 3.05) is 5.32 Å². The van der Waals surface area contributed by atoms with Gasteiger partial charge in [0.05, 0.1) is 10.6 Å². The third-order valence-electron chi connectivity index (χ3n) is 6.38. The monoisotopic (exact) mass is 507 g/mol. The maximum atomic E-state index is 13.0. The van der Waals surface area contributed by atoms with Crippen LogP contribution in [0.3, 0.4) is 0 Å². The first-order chi connectivity index (χ1) is 16.4.